The second-order valence-electron chi connectivity index (χ2n) is 7.64. The van der Waals surface area contributed by atoms with Gasteiger partial charge in [0, 0.05) is 25.7 Å². The SMILES string of the molecule is COC(=O)C(C)(CCN(CC1CC1)CC1CC1)NC1CC1. The molecule has 3 fully saturated rings. The molecule has 0 aromatic rings. The zero-order valence-corrected chi connectivity index (χ0v) is 13.6. The van der Waals surface area contributed by atoms with E-state index in [1.54, 1.807) is 0 Å². The number of ether oxygens (including phenoxy) is 1. The molecule has 0 heterocycles. The van der Waals surface area contributed by atoms with Gasteiger partial charge in [-0.05, 0) is 63.7 Å². The van der Waals surface area contributed by atoms with Gasteiger partial charge < -0.3 is 9.64 Å². The van der Waals surface area contributed by atoms with Crippen LogP contribution in [0.2, 0.25) is 0 Å². The Balaban J connectivity index is 1.53. The number of carbonyl (C=O) groups excluding carboxylic acids is 1. The summed E-state index contributed by atoms with van der Waals surface area (Å²) in [5.74, 6) is 1.74. The van der Waals surface area contributed by atoms with Crippen molar-refractivity contribution in [2.45, 2.75) is 63.5 Å². The molecule has 3 aliphatic carbocycles. The quantitative estimate of drug-likeness (QED) is 0.627. The van der Waals surface area contributed by atoms with Crippen LogP contribution in [0, 0.1) is 11.8 Å². The average molecular weight is 294 g/mol. The van der Waals surface area contributed by atoms with Crippen molar-refractivity contribution in [2.24, 2.45) is 11.8 Å². The van der Waals surface area contributed by atoms with Crippen LogP contribution in [0.4, 0.5) is 0 Å². The lowest BCUT2D eigenvalue weighted by Crippen LogP contribution is -2.53. The van der Waals surface area contributed by atoms with Crippen molar-refractivity contribution in [3.63, 3.8) is 0 Å². The number of esters is 1. The van der Waals surface area contributed by atoms with Crippen LogP contribution < -0.4 is 5.32 Å². The number of carbonyl (C=O) groups is 1. The van der Waals surface area contributed by atoms with E-state index in [1.807, 2.05) is 6.92 Å². The highest BCUT2D eigenvalue weighted by Crippen LogP contribution is 2.34. The fourth-order valence-electron chi connectivity index (χ4n) is 3.11. The van der Waals surface area contributed by atoms with Gasteiger partial charge in [-0.25, -0.2) is 0 Å². The summed E-state index contributed by atoms with van der Waals surface area (Å²) in [6.07, 6.45) is 8.84. The highest BCUT2D eigenvalue weighted by Gasteiger charge is 2.40. The second kappa shape index (κ2) is 6.25. The predicted molar refractivity (Wildman–Crippen MR) is 83.1 cm³/mol. The number of hydrogen-bond acceptors (Lipinski definition) is 4. The van der Waals surface area contributed by atoms with Gasteiger partial charge in [0.15, 0.2) is 0 Å². The van der Waals surface area contributed by atoms with Gasteiger partial charge in [-0.3, -0.25) is 10.1 Å². The molecule has 1 N–H and O–H groups in total. The Kier molecular flexibility index (Phi) is 4.55. The molecule has 3 rings (SSSR count). The Hall–Kier alpha value is -0.610. The van der Waals surface area contributed by atoms with E-state index in [1.165, 1.54) is 58.7 Å². The fraction of sp³-hybridized carbons (Fsp3) is 0.941. The molecule has 3 aliphatic rings. The number of rotatable bonds is 10. The molecule has 1 unspecified atom stereocenters. The number of nitrogens with one attached hydrogen (secondary N) is 1. The maximum Gasteiger partial charge on any atom is 0.325 e. The zero-order valence-electron chi connectivity index (χ0n) is 13.6. The summed E-state index contributed by atoms with van der Waals surface area (Å²) >= 11 is 0. The highest BCUT2D eigenvalue weighted by atomic mass is 16.5. The summed E-state index contributed by atoms with van der Waals surface area (Å²) < 4.78 is 5.04. The number of hydrogen-bond donors (Lipinski definition) is 1. The van der Waals surface area contributed by atoms with Crippen LogP contribution in [0.25, 0.3) is 0 Å². The first-order valence-electron chi connectivity index (χ1n) is 8.67. The van der Waals surface area contributed by atoms with E-state index in [-0.39, 0.29) is 5.97 Å². The summed E-state index contributed by atoms with van der Waals surface area (Å²) in [5.41, 5.74) is -0.513. The first-order valence-corrected chi connectivity index (χ1v) is 8.67. The van der Waals surface area contributed by atoms with Crippen LogP contribution in [0.5, 0.6) is 0 Å². The Bertz CT molecular complexity index is 361. The molecule has 0 saturated heterocycles. The lowest BCUT2D eigenvalue weighted by molar-refractivity contribution is -0.148. The molecule has 0 aromatic carbocycles. The molecule has 4 heteroatoms. The molecule has 1 atom stereocenters. The lowest BCUT2D eigenvalue weighted by atomic mass is 9.97. The topological polar surface area (TPSA) is 41.6 Å². The van der Waals surface area contributed by atoms with Crippen molar-refractivity contribution in [1.29, 1.82) is 0 Å². The minimum absolute atomic E-state index is 0.104. The maximum atomic E-state index is 12.2. The van der Waals surface area contributed by atoms with Crippen molar-refractivity contribution in [2.75, 3.05) is 26.7 Å². The van der Waals surface area contributed by atoms with Gasteiger partial charge in [0.1, 0.15) is 5.54 Å². The van der Waals surface area contributed by atoms with Gasteiger partial charge in [-0.15, -0.1) is 0 Å². The molecular weight excluding hydrogens is 264 g/mol. The molecule has 3 saturated carbocycles. The van der Waals surface area contributed by atoms with E-state index in [4.69, 9.17) is 4.74 Å². The normalized spacial score (nSPS) is 24.9. The van der Waals surface area contributed by atoms with Gasteiger partial charge in [-0.1, -0.05) is 0 Å². The Morgan fingerprint density at radius 3 is 2.14 bits per heavy atom. The third-order valence-electron chi connectivity index (χ3n) is 5.09. The molecule has 0 radical (unpaired) electrons. The molecule has 0 amide bonds. The van der Waals surface area contributed by atoms with E-state index in [0.29, 0.717) is 6.04 Å². The van der Waals surface area contributed by atoms with Crippen molar-refractivity contribution in [3.8, 4) is 0 Å². The Morgan fingerprint density at radius 1 is 1.14 bits per heavy atom. The Labute approximate surface area is 128 Å². The van der Waals surface area contributed by atoms with E-state index in [0.717, 1.165) is 24.8 Å². The predicted octanol–water partition coefficient (Wildman–Crippen LogP) is 2.18. The van der Waals surface area contributed by atoms with Gasteiger partial charge in [0.25, 0.3) is 0 Å². The standard InChI is InChI=1S/C17H30N2O2/c1-17(16(20)21-2,18-15-7-8-15)9-10-19(11-13-3-4-13)12-14-5-6-14/h13-15,18H,3-12H2,1-2H3. The Morgan fingerprint density at radius 2 is 1.71 bits per heavy atom. The van der Waals surface area contributed by atoms with Crippen LogP contribution in [-0.2, 0) is 9.53 Å². The van der Waals surface area contributed by atoms with Gasteiger partial charge in [-0.2, -0.15) is 0 Å². The van der Waals surface area contributed by atoms with Crippen LogP contribution >= 0.6 is 0 Å². The summed E-state index contributed by atoms with van der Waals surface area (Å²) in [6, 6.07) is 0.523. The van der Waals surface area contributed by atoms with Crippen LogP contribution in [0.3, 0.4) is 0 Å². The minimum atomic E-state index is -0.513. The molecule has 0 spiro atoms. The third-order valence-corrected chi connectivity index (χ3v) is 5.09. The fourth-order valence-corrected chi connectivity index (χ4v) is 3.11. The van der Waals surface area contributed by atoms with Crippen LogP contribution in [-0.4, -0.2) is 49.2 Å². The smallest absolute Gasteiger partial charge is 0.325 e. The summed E-state index contributed by atoms with van der Waals surface area (Å²) in [6.45, 7) is 5.50. The summed E-state index contributed by atoms with van der Waals surface area (Å²) in [4.78, 5) is 14.8. The molecular formula is C17H30N2O2. The van der Waals surface area contributed by atoms with Crippen molar-refractivity contribution in [1.82, 2.24) is 10.2 Å². The molecule has 0 aromatic heterocycles. The molecule has 21 heavy (non-hydrogen) atoms. The zero-order chi connectivity index (χ0) is 14.9. The van der Waals surface area contributed by atoms with Gasteiger partial charge in [0.05, 0.1) is 7.11 Å². The van der Waals surface area contributed by atoms with E-state index >= 15 is 0 Å². The molecule has 0 bridgehead atoms. The van der Waals surface area contributed by atoms with E-state index in [9.17, 15) is 4.79 Å². The molecule has 4 nitrogen and oxygen atoms in total. The first-order chi connectivity index (χ1) is 10.1. The number of nitrogens with zero attached hydrogens (tertiary/aromatic N) is 1. The second-order valence-corrected chi connectivity index (χ2v) is 7.64. The van der Waals surface area contributed by atoms with Gasteiger partial charge in [0.2, 0.25) is 0 Å². The summed E-state index contributed by atoms with van der Waals surface area (Å²) in [5, 5.41) is 3.51. The van der Waals surface area contributed by atoms with Crippen LogP contribution in [0.1, 0.15) is 51.9 Å². The van der Waals surface area contributed by atoms with E-state index < -0.39 is 5.54 Å². The largest absolute Gasteiger partial charge is 0.468 e. The van der Waals surface area contributed by atoms with Crippen molar-refractivity contribution < 1.29 is 9.53 Å². The van der Waals surface area contributed by atoms with Gasteiger partial charge >= 0.3 is 5.97 Å². The maximum absolute atomic E-state index is 12.2. The highest BCUT2D eigenvalue weighted by molar-refractivity contribution is 5.80. The monoisotopic (exact) mass is 294 g/mol. The first kappa shape index (κ1) is 15.3. The van der Waals surface area contributed by atoms with Crippen molar-refractivity contribution in [3.05, 3.63) is 0 Å². The van der Waals surface area contributed by atoms with Crippen molar-refractivity contribution >= 4 is 5.97 Å². The van der Waals surface area contributed by atoms with Crippen LogP contribution in [0.15, 0.2) is 0 Å². The lowest BCUT2D eigenvalue weighted by Gasteiger charge is -2.31. The van der Waals surface area contributed by atoms with E-state index in [2.05, 4.69) is 10.2 Å². The molecule has 120 valence electrons. The molecule has 0 aliphatic heterocycles. The third kappa shape index (κ3) is 4.68. The average Bonchev–Trinajstić information content (AvgIpc) is 3.28. The number of methoxy groups -OCH3 is 1. The summed E-state index contributed by atoms with van der Waals surface area (Å²) in [7, 11) is 1.50. The minimum Gasteiger partial charge on any atom is -0.468 e.